The van der Waals surface area contributed by atoms with Gasteiger partial charge in [-0.05, 0) is 38.6 Å². The summed E-state index contributed by atoms with van der Waals surface area (Å²) >= 11 is 0. The molecule has 1 N–H and O–H groups in total. The third-order valence-electron chi connectivity index (χ3n) is 3.05. The van der Waals surface area contributed by atoms with Gasteiger partial charge < -0.3 is 14.6 Å². The second-order valence-corrected chi connectivity index (χ2v) is 4.57. The van der Waals surface area contributed by atoms with Crippen LogP contribution in [0.2, 0.25) is 0 Å². The van der Waals surface area contributed by atoms with Gasteiger partial charge in [0, 0.05) is 30.2 Å². The van der Waals surface area contributed by atoms with Gasteiger partial charge in [-0.2, -0.15) is 0 Å². The molecule has 0 fully saturated rings. The SMILES string of the molecule is CNCc1cn(C(C)C)c2cc(OC)ccc12. The fourth-order valence-corrected chi connectivity index (χ4v) is 2.19. The van der Waals surface area contributed by atoms with E-state index in [1.165, 1.54) is 16.5 Å². The Morgan fingerprint density at radius 3 is 2.71 bits per heavy atom. The molecule has 0 bridgehead atoms. The van der Waals surface area contributed by atoms with E-state index in [0.29, 0.717) is 6.04 Å². The maximum absolute atomic E-state index is 5.30. The number of ether oxygens (including phenoxy) is 1. The van der Waals surface area contributed by atoms with Crippen LogP contribution >= 0.6 is 0 Å². The zero-order chi connectivity index (χ0) is 12.4. The molecule has 1 aromatic carbocycles. The molecule has 1 aromatic heterocycles. The molecule has 2 aromatic rings. The monoisotopic (exact) mass is 232 g/mol. The third-order valence-corrected chi connectivity index (χ3v) is 3.05. The Balaban J connectivity index is 2.63. The number of nitrogens with zero attached hydrogens (tertiary/aromatic N) is 1. The molecule has 0 spiro atoms. The second-order valence-electron chi connectivity index (χ2n) is 4.57. The molecule has 3 nitrogen and oxygen atoms in total. The Morgan fingerprint density at radius 1 is 1.35 bits per heavy atom. The lowest BCUT2D eigenvalue weighted by molar-refractivity contribution is 0.415. The van der Waals surface area contributed by atoms with Crippen molar-refractivity contribution in [3.63, 3.8) is 0 Å². The largest absolute Gasteiger partial charge is 0.497 e. The standard InChI is InChI=1S/C14H20N2O/c1-10(2)16-9-11(8-15-3)13-6-5-12(17-4)7-14(13)16/h5-7,9-10,15H,8H2,1-4H3. The van der Waals surface area contributed by atoms with Crippen molar-refractivity contribution in [3.8, 4) is 5.75 Å². The summed E-state index contributed by atoms with van der Waals surface area (Å²) in [5, 5.41) is 4.51. The number of rotatable bonds is 4. The summed E-state index contributed by atoms with van der Waals surface area (Å²) in [5.41, 5.74) is 2.57. The van der Waals surface area contributed by atoms with Crippen molar-refractivity contribution in [2.24, 2.45) is 0 Å². The lowest BCUT2D eigenvalue weighted by Gasteiger charge is -2.09. The van der Waals surface area contributed by atoms with Gasteiger partial charge in [0.05, 0.1) is 12.6 Å². The van der Waals surface area contributed by atoms with Crippen LogP contribution in [0.3, 0.4) is 0 Å². The smallest absolute Gasteiger partial charge is 0.120 e. The minimum atomic E-state index is 0.454. The van der Waals surface area contributed by atoms with E-state index in [1.54, 1.807) is 7.11 Å². The van der Waals surface area contributed by atoms with E-state index in [-0.39, 0.29) is 0 Å². The first kappa shape index (κ1) is 12.0. The number of nitrogens with one attached hydrogen (secondary N) is 1. The van der Waals surface area contributed by atoms with Gasteiger partial charge in [0.15, 0.2) is 0 Å². The summed E-state index contributed by atoms with van der Waals surface area (Å²) in [7, 11) is 3.68. The predicted molar refractivity (Wildman–Crippen MR) is 71.6 cm³/mol. The van der Waals surface area contributed by atoms with E-state index in [0.717, 1.165) is 12.3 Å². The molecule has 1 heterocycles. The van der Waals surface area contributed by atoms with Crippen LogP contribution in [0.4, 0.5) is 0 Å². The Hall–Kier alpha value is -1.48. The van der Waals surface area contributed by atoms with Crippen LogP contribution in [0.5, 0.6) is 5.75 Å². The van der Waals surface area contributed by atoms with Crippen LogP contribution in [0.15, 0.2) is 24.4 Å². The van der Waals surface area contributed by atoms with Gasteiger partial charge >= 0.3 is 0 Å². The molecule has 2 rings (SSSR count). The van der Waals surface area contributed by atoms with Gasteiger partial charge in [-0.15, -0.1) is 0 Å². The normalized spacial score (nSPS) is 11.4. The molecule has 17 heavy (non-hydrogen) atoms. The van der Waals surface area contributed by atoms with Crippen LogP contribution in [0, 0.1) is 0 Å². The highest BCUT2D eigenvalue weighted by molar-refractivity contribution is 5.85. The van der Waals surface area contributed by atoms with Crippen LogP contribution in [0.1, 0.15) is 25.5 Å². The highest BCUT2D eigenvalue weighted by Gasteiger charge is 2.10. The molecular formula is C14H20N2O. The average molecular weight is 232 g/mol. The summed E-state index contributed by atoms with van der Waals surface area (Å²) in [5.74, 6) is 0.911. The molecule has 0 saturated carbocycles. The van der Waals surface area contributed by atoms with Crippen molar-refractivity contribution >= 4 is 10.9 Å². The van der Waals surface area contributed by atoms with Crippen molar-refractivity contribution in [2.75, 3.05) is 14.2 Å². The van der Waals surface area contributed by atoms with Crippen molar-refractivity contribution in [2.45, 2.75) is 26.4 Å². The zero-order valence-electron chi connectivity index (χ0n) is 10.9. The first-order valence-electron chi connectivity index (χ1n) is 5.99. The summed E-state index contributed by atoms with van der Waals surface area (Å²) in [6, 6.07) is 6.72. The lowest BCUT2D eigenvalue weighted by atomic mass is 10.1. The number of benzene rings is 1. The fourth-order valence-electron chi connectivity index (χ4n) is 2.19. The van der Waals surface area contributed by atoms with Gasteiger partial charge in [0.2, 0.25) is 0 Å². The highest BCUT2D eigenvalue weighted by Crippen LogP contribution is 2.28. The van der Waals surface area contributed by atoms with E-state index in [2.05, 4.69) is 42.1 Å². The van der Waals surface area contributed by atoms with Crippen molar-refractivity contribution in [1.29, 1.82) is 0 Å². The van der Waals surface area contributed by atoms with Crippen LogP contribution in [-0.4, -0.2) is 18.7 Å². The van der Waals surface area contributed by atoms with Crippen LogP contribution < -0.4 is 10.1 Å². The molecule has 0 aliphatic carbocycles. The van der Waals surface area contributed by atoms with Crippen molar-refractivity contribution in [1.82, 2.24) is 9.88 Å². The molecule has 92 valence electrons. The molecule has 0 saturated heterocycles. The highest BCUT2D eigenvalue weighted by atomic mass is 16.5. The van der Waals surface area contributed by atoms with Crippen LogP contribution in [0.25, 0.3) is 10.9 Å². The summed E-state index contributed by atoms with van der Waals surface area (Å²) in [6.45, 7) is 5.28. The minimum absolute atomic E-state index is 0.454. The first-order valence-corrected chi connectivity index (χ1v) is 5.99. The summed E-state index contributed by atoms with van der Waals surface area (Å²) in [4.78, 5) is 0. The van der Waals surface area contributed by atoms with Gasteiger partial charge in [0.25, 0.3) is 0 Å². The molecule has 0 radical (unpaired) electrons. The van der Waals surface area contributed by atoms with E-state index >= 15 is 0 Å². The number of hydrogen-bond acceptors (Lipinski definition) is 2. The maximum atomic E-state index is 5.30. The van der Waals surface area contributed by atoms with Crippen molar-refractivity contribution < 1.29 is 4.74 Å². The molecule has 0 aliphatic heterocycles. The van der Waals surface area contributed by atoms with E-state index in [4.69, 9.17) is 4.74 Å². The first-order chi connectivity index (χ1) is 8.17. The number of fused-ring (bicyclic) bond motifs is 1. The predicted octanol–water partition coefficient (Wildman–Crippen LogP) is 2.95. The average Bonchev–Trinajstić information content (AvgIpc) is 2.68. The number of aromatic nitrogens is 1. The summed E-state index contributed by atoms with van der Waals surface area (Å²) in [6.07, 6.45) is 2.23. The minimum Gasteiger partial charge on any atom is -0.497 e. The van der Waals surface area contributed by atoms with Gasteiger partial charge in [-0.1, -0.05) is 0 Å². The maximum Gasteiger partial charge on any atom is 0.120 e. The fraction of sp³-hybridized carbons (Fsp3) is 0.429. The molecule has 0 atom stereocenters. The Labute approximate surface area is 102 Å². The van der Waals surface area contributed by atoms with Gasteiger partial charge in [0.1, 0.15) is 5.75 Å². The van der Waals surface area contributed by atoms with Crippen molar-refractivity contribution in [3.05, 3.63) is 30.0 Å². The quantitative estimate of drug-likeness (QED) is 0.877. The molecule has 3 heteroatoms. The molecule has 0 unspecified atom stereocenters. The molecule has 0 aliphatic rings. The molecular weight excluding hydrogens is 212 g/mol. The van der Waals surface area contributed by atoms with Crippen LogP contribution in [-0.2, 0) is 6.54 Å². The lowest BCUT2D eigenvalue weighted by Crippen LogP contribution is -2.04. The number of hydrogen-bond donors (Lipinski definition) is 1. The zero-order valence-corrected chi connectivity index (χ0v) is 10.9. The Bertz CT molecular complexity index is 514. The number of methoxy groups -OCH3 is 1. The second kappa shape index (κ2) is 4.80. The molecule has 0 amide bonds. The Kier molecular flexibility index (Phi) is 3.38. The van der Waals surface area contributed by atoms with Gasteiger partial charge in [-0.3, -0.25) is 0 Å². The third kappa shape index (κ3) is 2.15. The topological polar surface area (TPSA) is 26.2 Å². The van der Waals surface area contributed by atoms with Gasteiger partial charge in [-0.25, -0.2) is 0 Å². The summed E-state index contributed by atoms with van der Waals surface area (Å²) < 4.78 is 7.59. The Morgan fingerprint density at radius 2 is 2.12 bits per heavy atom. The van der Waals surface area contributed by atoms with E-state index in [9.17, 15) is 0 Å². The van der Waals surface area contributed by atoms with E-state index < -0.39 is 0 Å². The van der Waals surface area contributed by atoms with E-state index in [1.807, 2.05) is 13.1 Å².